The minimum absolute atomic E-state index is 0.0816. The maximum atomic E-state index is 13.6. The van der Waals surface area contributed by atoms with Crippen LogP contribution in [0.4, 0.5) is 4.79 Å². The minimum atomic E-state index is -1.92. The fraction of sp³-hybridized carbons (Fsp3) is 0.733. The van der Waals surface area contributed by atoms with Crippen LogP contribution in [0.1, 0.15) is 60.5 Å². The van der Waals surface area contributed by atoms with Crippen LogP contribution >= 0.6 is 0 Å². The second kappa shape index (κ2) is 15.1. The predicted octanol–water partition coefficient (Wildman–Crippen LogP) is 6.59. The lowest BCUT2D eigenvalue weighted by atomic mass is 10.1. The van der Waals surface area contributed by atoms with Crippen LogP contribution in [-0.2, 0) is 29.7 Å². The number of ether oxygens (including phenoxy) is 2. The zero-order valence-electron chi connectivity index (χ0n) is 25.8. The molecule has 4 atom stereocenters. The minimum Gasteiger partial charge on any atom is -0.414 e. The van der Waals surface area contributed by atoms with Crippen molar-refractivity contribution in [2.45, 2.75) is 116 Å². The zero-order valence-corrected chi connectivity index (χ0v) is 27.8. The van der Waals surface area contributed by atoms with Gasteiger partial charge in [0.25, 0.3) is 0 Å². The Balaban J connectivity index is 1.76. The van der Waals surface area contributed by atoms with E-state index in [1.54, 1.807) is 4.90 Å². The first-order valence-corrected chi connectivity index (χ1v) is 20.5. The Hall–Kier alpha value is -1.57. The molecular weight excluding hydrogens is 541 g/mol. The van der Waals surface area contributed by atoms with E-state index in [1.807, 2.05) is 37.3 Å². The normalized spacial score (nSPS) is 24.3. The van der Waals surface area contributed by atoms with E-state index in [2.05, 4.69) is 41.5 Å². The number of nitrogens with zero attached hydrogens (tertiary/aromatic N) is 2. The monoisotopic (exact) mass is 592 g/mol. The molecule has 2 fully saturated rings. The van der Waals surface area contributed by atoms with Gasteiger partial charge < -0.3 is 18.3 Å². The summed E-state index contributed by atoms with van der Waals surface area (Å²) in [6, 6.07) is 15.8. The maximum absolute atomic E-state index is 13.6. The standard InChI is InChI=1S/C30H52N2O6Si2/c1-8-39(9-2,10-3)36-22-27-26(38-40(11-4,12-5)13-6)19-28(37-27)31-20-24(7)29(33)32(30(31)34)23-35-21-25-17-15-14-16-18-25/h14-18,24,26-28H,8-13,19-23H2,1-7H3/t24?,26-,27-,28-/m1/s1. The SMILES string of the molecule is CC[Si](CC)(CC)OC[C@H]1O[C@@H](N2CC(C)C(=O)N(COCc3ccccc3)C2=O)C[C@H]1O[Si](CC)(CC)CC. The summed E-state index contributed by atoms with van der Waals surface area (Å²) < 4.78 is 26.1. The third-order valence-corrected chi connectivity index (χ3v) is 18.6. The molecule has 40 heavy (non-hydrogen) atoms. The van der Waals surface area contributed by atoms with Gasteiger partial charge in [-0.2, -0.15) is 0 Å². The van der Waals surface area contributed by atoms with Gasteiger partial charge in [0, 0.05) is 13.0 Å². The number of hydrogen-bond donors (Lipinski definition) is 0. The quantitative estimate of drug-likeness (QED) is 0.202. The van der Waals surface area contributed by atoms with E-state index >= 15 is 0 Å². The number of hydrogen-bond acceptors (Lipinski definition) is 6. The van der Waals surface area contributed by atoms with E-state index in [4.69, 9.17) is 18.3 Å². The molecule has 3 rings (SSSR count). The number of urea groups is 1. The Morgan fingerprint density at radius 2 is 1.50 bits per heavy atom. The zero-order chi connectivity index (χ0) is 29.3. The molecule has 0 bridgehead atoms. The predicted molar refractivity (Wildman–Crippen MR) is 163 cm³/mol. The largest absolute Gasteiger partial charge is 0.414 e. The molecule has 3 amide bonds. The summed E-state index contributed by atoms with van der Waals surface area (Å²) in [5, 5.41) is 0. The molecule has 0 radical (unpaired) electrons. The van der Waals surface area contributed by atoms with Crippen molar-refractivity contribution in [2.75, 3.05) is 19.9 Å². The van der Waals surface area contributed by atoms with E-state index in [-0.39, 0.29) is 36.8 Å². The fourth-order valence-electron chi connectivity index (χ4n) is 5.96. The highest BCUT2D eigenvalue weighted by molar-refractivity contribution is 6.74. The van der Waals surface area contributed by atoms with Gasteiger partial charge in [-0.1, -0.05) is 78.8 Å². The van der Waals surface area contributed by atoms with Gasteiger partial charge in [0.2, 0.25) is 5.91 Å². The van der Waals surface area contributed by atoms with Gasteiger partial charge >= 0.3 is 6.03 Å². The second-order valence-electron chi connectivity index (χ2n) is 11.4. The number of rotatable bonds is 16. The van der Waals surface area contributed by atoms with Gasteiger partial charge in [0.1, 0.15) is 19.1 Å². The van der Waals surface area contributed by atoms with Gasteiger partial charge in [-0.3, -0.25) is 9.69 Å². The van der Waals surface area contributed by atoms with Crippen molar-refractivity contribution in [3.8, 4) is 0 Å². The Kier molecular flexibility index (Phi) is 12.4. The highest BCUT2D eigenvalue weighted by Gasteiger charge is 2.48. The molecule has 2 saturated heterocycles. The molecule has 2 aliphatic rings. The second-order valence-corrected chi connectivity index (χ2v) is 20.9. The topological polar surface area (TPSA) is 77.5 Å². The van der Waals surface area contributed by atoms with Crippen molar-refractivity contribution in [3.05, 3.63) is 35.9 Å². The van der Waals surface area contributed by atoms with Crippen molar-refractivity contribution < 1.29 is 27.9 Å². The Morgan fingerprint density at radius 1 is 0.900 bits per heavy atom. The van der Waals surface area contributed by atoms with Crippen molar-refractivity contribution in [3.63, 3.8) is 0 Å². The van der Waals surface area contributed by atoms with Crippen LogP contribution in [0.5, 0.6) is 0 Å². The molecule has 0 aliphatic carbocycles. The van der Waals surface area contributed by atoms with E-state index in [0.717, 1.165) is 41.8 Å². The average Bonchev–Trinajstić information content (AvgIpc) is 3.39. The van der Waals surface area contributed by atoms with E-state index in [0.29, 0.717) is 26.2 Å². The van der Waals surface area contributed by atoms with E-state index < -0.39 is 22.9 Å². The highest BCUT2D eigenvalue weighted by Crippen LogP contribution is 2.35. The first-order chi connectivity index (χ1) is 19.2. The van der Waals surface area contributed by atoms with Crippen LogP contribution in [-0.4, -0.2) is 76.7 Å². The number of imide groups is 1. The molecule has 1 aromatic rings. The number of amides is 3. The molecular formula is C30H52N2O6Si2. The van der Waals surface area contributed by atoms with Gasteiger partial charge in [-0.25, -0.2) is 9.69 Å². The van der Waals surface area contributed by atoms with Crippen molar-refractivity contribution in [2.24, 2.45) is 5.92 Å². The highest BCUT2D eigenvalue weighted by atomic mass is 28.4. The molecule has 8 nitrogen and oxygen atoms in total. The third kappa shape index (κ3) is 7.63. The van der Waals surface area contributed by atoms with Crippen LogP contribution in [0.15, 0.2) is 30.3 Å². The lowest BCUT2D eigenvalue weighted by Crippen LogP contribution is -2.59. The lowest BCUT2D eigenvalue weighted by molar-refractivity contribution is -0.145. The van der Waals surface area contributed by atoms with E-state index in [9.17, 15) is 9.59 Å². The average molecular weight is 593 g/mol. The van der Waals surface area contributed by atoms with Crippen LogP contribution in [0.3, 0.4) is 0 Å². The number of benzene rings is 1. The fourth-order valence-corrected chi connectivity index (χ4v) is 11.5. The molecule has 1 unspecified atom stereocenters. The Bertz CT molecular complexity index is 927. The van der Waals surface area contributed by atoms with Gasteiger partial charge in [0.05, 0.1) is 25.2 Å². The molecule has 1 aromatic carbocycles. The molecule has 2 heterocycles. The van der Waals surface area contributed by atoms with Crippen LogP contribution in [0, 0.1) is 5.92 Å². The summed E-state index contributed by atoms with van der Waals surface area (Å²) in [6.07, 6.45) is -0.233. The summed E-state index contributed by atoms with van der Waals surface area (Å²) >= 11 is 0. The van der Waals surface area contributed by atoms with Crippen LogP contribution < -0.4 is 0 Å². The molecule has 0 N–H and O–H groups in total. The van der Waals surface area contributed by atoms with Gasteiger partial charge in [-0.15, -0.1) is 0 Å². The summed E-state index contributed by atoms with van der Waals surface area (Å²) in [4.78, 5) is 29.6. The van der Waals surface area contributed by atoms with Crippen molar-refractivity contribution in [1.82, 2.24) is 9.80 Å². The van der Waals surface area contributed by atoms with Crippen molar-refractivity contribution in [1.29, 1.82) is 0 Å². The maximum Gasteiger partial charge on any atom is 0.330 e. The first kappa shape index (κ1) is 32.9. The Labute approximate surface area is 243 Å². The van der Waals surface area contributed by atoms with Gasteiger partial charge in [-0.05, 0) is 41.8 Å². The van der Waals surface area contributed by atoms with Crippen molar-refractivity contribution >= 4 is 28.6 Å². The first-order valence-electron chi connectivity index (χ1n) is 15.4. The molecule has 0 saturated carbocycles. The Morgan fingerprint density at radius 3 is 2.08 bits per heavy atom. The van der Waals surface area contributed by atoms with Gasteiger partial charge in [0.15, 0.2) is 16.6 Å². The summed E-state index contributed by atoms with van der Waals surface area (Å²) in [7, 11) is -3.74. The molecule has 0 spiro atoms. The smallest absolute Gasteiger partial charge is 0.330 e. The molecule has 10 heteroatoms. The lowest BCUT2D eigenvalue weighted by Gasteiger charge is -2.39. The molecule has 0 aromatic heterocycles. The summed E-state index contributed by atoms with van der Waals surface area (Å²) in [6.45, 7) is 16.3. The van der Waals surface area contributed by atoms with E-state index in [1.165, 1.54) is 4.90 Å². The van der Waals surface area contributed by atoms with Crippen LogP contribution in [0.2, 0.25) is 36.3 Å². The summed E-state index contributed by atoms with van der Waals surface area (Å²) in [5.74, 6) is -0.550. The third-order valence-electron chi connectivity index (χ3n) is 9.32. The van der Waals surface area contributed by atoms with Crippen LogP contribution in [0.25, 0.3) is 0 Å². The molecule has 226 valence electrons. The number of carbonyl (C=O) groups is 2. The summed E-state index contributed by atoms with van der Waals surface area (Å²) in [5.41, 5.74) is 0.993. The number of carbonyl (C=O) groups excluding carboxylic acids is 2. The molecule has 2 aliphatic heterocycles.